The van der Waals surface area contributed by atoms with Gasteiger partial charge in [-0.1, -0.05) is 48.0 Å². The van der Waals surface area contributed by atoms with Gasteiger partial charge in [-0.05, 0) is 54.5 Å². The highest BCUT2D eigenvalue weighted by Gasteiger charge is 2.11. The number of fused-ring (bicyclic) bond motifs is 1. The zero-order chi connectivity index (χ0) is 19.5. The second-order valence-corrected chi connectivity index (χ2v) is 6.83. The number of aromatic nitrogens is 1. The van der Waals surface area contributed by atoms with Crippen molar-refractivity contribution < 1.29 is 9.21 Å². The minimum absolute atomic E-state index is 0.201. The van der Waals surface area contributed by atoms with Gasteiger partial charge in [-0.2, -0.15) is 0 Å². The molecule has 4 nitrogen and oxygen atoms in total. The van der Waals surface area contributed by atoms with Gasteiger partial charge in [0.25, 0.3) is 0 Å². The van der Waals surface area contributed by atoms with Gasteiger partial charge in [0.05, 0.1) is 0 Å². The largest absolute Gasteiger partial charge is 0.436 e. The summed E-state index contributed by atoms with van der Waals surface area (Å²) in [4.78, 5) is 16.8. The van der Waals surface area contributed by atoms with Crippen molar-refractivity contribution in [3.05, 3.63) is 89.0 Å². The van der Waals surface area contributed by atoms with Crippen LogP contribution in [-0.2, 0) is 4.79 Å². The van der Waals surface area contributed by atoms with Gasteiger partial charge in [-0.15, -0.1) is 0 Å². The Kier molecular flexibility index (Phi) is 4.96. The van der Waals surface area contributed by atoms with Crippen molar-refractivity contribution in [2.45, 2.75) is 6.92 Å². The second kappa shape index (κ2) is 7.71. The molecular weight excluding hydrogens is 372 g/mol. The Morgan fingerprint density at radius 2 is 1.89 bits per heavy atom. The predicted octanol–water partition coefficient (Wildman–Crippen LogP) is 6.11. The molecule has 0 aliphatic carbocycles. The summed E-state index contributed by atoms with van der Waals surface area (Å²) in [6.07, 6.45) is 3.29. The number of hydrogen-bond acceptors (Lipinski definition) is 3. The van der Waals surface area contributed by atoms with Gasteiger partial charge in [-0.3, -0.25) is 4.79 Å². The molecule has 28 heavy (non-hydrogen) atoms. The van der Waals surface area contributed by atoms with Gasteiger partial charge < -0.3 is 9.73 Å². The molecular formula is C23H17ClN2O2. The standard InChI is InChI=1S/C23H17ClN2O2/c1-15-7-9-17(23-26-20-14-18(24)10-11-21(20)28-23)13-19(15)25-22(27)12-8-16-5-3-2-4-6-16/h2-14H,1H3,(H,25,27)/b12-8+. The normalized spacial score (nSPS) is 11.2. The van der Waals surface area contributed by atoms with Crippen molar-refractivity contribution in [1.82, 2.24) is 4.98 Å². The fraction of sp³-hybridized carbons (Fsp3) is 0.0435. The van der Waals surface area contributed by atoms with Crippen molar-refractivity contribution in [2.24, 2.45) is 0 Å². The van der Waals surface area contributed by atoms with Crippen LogP contribution in [0.15, 0.2) is 77.2 Å². The average molecular weight is 389 g/mol. The predicted molar refractivity (Wildman–Crippen MR) is 113 cm³/mol. The highest BCUT2D eigenvalue weighted by molar-refractivity contribution is 6.31. The van der Waals surface area contributed by atoms with Crippen LogP contribution in [0.5, 0.6) is 0 Å². The smallest absolute Gasteiger partial charge is 0.248 e. The molecule has 0 saturated carbocycles. The van der Waals surface area contributed by atoms with E-state index in [9.17, 15) is 4.79 Å². The van der Waals surface area contributed by atoms with Crippen LogP contribution in [0.1, 0.15) is 11.1 Å². The van der Waals surface area contributed by atoms with Crippen LogP contribution < -0.4 is 5.32 Å². The first kappa shape index (κ1) is 18.0. The van der Waals surface area contributed by atoms with Gasteiger partial charge >= 0.3 is 0 Å². The molecule has 0 saturated heterocycles. The van der Waals surface area contributed by atoms with Crippen molar-refractivity contribution in [2.75, 3.05) is 5.32 Å². The maximum Gasteiger partial charge on any atom is 0.248 e. The zero-order valence-electron chi connectivity index (χ0n) is 15.1. The number of rotatable bonds is 4. The van der Waals surface area contributed by atoms with E-state index in [-0.39, 0.29) is 5.91 Å². The lowest BCUT2D eigenvalue weighted by Gasteiger charge is -2.08. The molecule has 0 unspecified atom stereocenters. The molecule has 0 aliphatic heterocycles. The van der Waals surface area contributed by atoms with E-state index < -0.39 is 0 Å². The lowest BCUT2D eigenvalue weighted by atomic mass is 10.1. The van der Waals surface area contributed by atoms with Crippen molar-refractivity contribution in [3.8, 4) is 11.5 Å². The van der Waals surface area contributed by atoms with Crippen LogP contribution in [0.4, 0.5) is 5.69 Å². The van der Waals surface area contributed by atoms with Crippen LogP contribution in [0, 0.1) is 6.92 Å². The number of nitrogens with zero attached hydrogens (tertiary/aromatic N) is 1. The van der Waals surface area contributed by atoms with Crippen molar-refractivity contribution >= 4 is 40.4 Å². The van der Waals surface area contributed by atoms with Crippen LogP contribution in [0.2, 0.25) is 5.02 Å². The number of carbonyl (C=O) groups excluding carboxylic acids is 1. The average Bonchev–Trinajstić information content (AvgIpc) is 3.12. The van der Waals surface area contributed by atoms with Gasteiger partial charge in [0.15, 0.2) is 5.58 Å². The molecule has 1 heterocycles. The molecule has 5 heteroatoms. The van der Waals surface area contributed by atoms with Gasteiger partial charge in [0.2, 0.25) is 11.8 Å². The highest BCUT2D eigenvalue weighted by atomic mass is 35.5. The molecule has 0 radical (unpaired) electrons. The minimum Gasteiger partial charge on any atom is -0.436 e. The van der Waals surface area contributed by atoms with E-state index in [2.05, 4.69) is 10.3 Å². The van der Waals surface area contributed by atoms with E-state index in [4.69, 9.17) is 16.0 Å². The molecule has 0 aliphatic rings. The monoisotopic (exact) mass is 388 g/mol. The topological polar surface area (TPSA) is 55.1 Å². The first-order valence-electron chi connectivity index (χ1n) is 8.80. The van der Waals surface area contributed by atoms with Gasteiger partial charge in [-0.25, -0.2) is 4.98 Å². The number of anilines is 1. The van der Waals surface area contributed by atoms with Crippen LogP contribution >= 0.6 is 11.6 Å². The maximum atomic E-state index is 12.3. The zero-order valence-corrected chi connectivity index (χ0v) is 15.9. The molecule has 4 rings (SSSR count). The molecule has 4 aromatic rings. The molecule has 1 aromatic heterocycles. The minimum atomic E-state index is -0.201. The summed E-state index contributed by atoms with van der Waals surface area (Å²) in [6.45, 7) is 1.94. The third-order valence-corrected chi connectivity index (χ3v) is 4.55. The van der Waals surface area contributed by atoms with Gasteiger partial charge in [0, 0.05) is 22.3 Å². The number of aryl methyl sites for hydroxylation is 1. The second-order valence-electron chi connectivity index (χ2n) is 6.39. The molecule has 1 N–H and O–H groups in total. The van der Waals surface area contributed by atoms with E-state index >= 15 is 0 Å². The maximum absolute atomic E-state index is 12.3. The summed E-state index contributed by atoms with van der Waals surface area (Å²) >= 11 is 6.02. The number of nitrogens with one attached hydrogen (secondary N) is 1. The van der Waals surface area contributed by atoms with Crippen molar-refractivity contribution in [1.29, 1.82) is 0 Å². The van der Waals surface area contributed by atoms with Crippen LogP contribution in [-0.4, -0.2) is 10.9 Å². The fourth-order valence-corrected chi connectivity index (χ4v) is 2.99. The van der Waals surface area contributed by atoms with Crippen LogP contribution in [0.25, 0.3) is 28.6 Å². The first-order chi connectivity index (χ1) is 13.6. The Balaban J connectivity index is 1.58. The number of oxazole rings is 1. The molecule has 0 spiro atoms. The lowest BCUT2D eigenvalue weighted by Crippen LogP contribution is -2.09. The van der Waals surface area contributed by atoms with E-state index in [0.29, 0.717) is 27.7 Å². The van der Waals surface area contributed by atoms with Crippen molar-refractivity contribution in [3.63, 3.8) is 0 Å². The highest BCUT2D eigenvalue weighted by Crippen LogP contribution is 2.29. The molecule has 0 atom stereocenters. The Morgan fingerprint density at radius 1 is 1.07 bits per heavy atom. The third kappa shape index (κ3) is 3.97. The SMILES string of the molecule is Cc1ccc(-c2nc3cc(Cl)ccc3o2)cc1NC(=O)/C=C/c1ccccc1. The molecule has 138 valence electrons. The van der Waals surface area contributed by atoms with E-state index in [0.717, 1.165) is 16.7 Å². The Morgan fingerprint density at radius 3 is 2.71 bits per heavy atom. The number of halogens is 1. The number of benzene rings is 3. The molecule has 1 amide bonds. The summed E-state index contributed by atoms with van der Waals surface area (Å²) < 4.78 is 5.82. The number of hydrogen-bond donors (Lipinski definition) is 1. The molecule has 3 aromatic carbocycles. The quantitative estimate of drug-likeness (QED) is 0.429. The van der Waals surface area contributed by atoms with Gasteiger partial charge in [0.1, 0.15) is 5.52 Å². The Hall–Kier alpha value is -3.37. The first-order valence-corrected chi connectivity index (χ1v) is 9.17. The molecule has 0 fully saturated rings. The number of carbonyl (C=O) groups is 1. The lowest BCUT2D eigenvalue weighted by molar-refractivity contribution is -0.111. The third-order valence-electron chi connectivity index (χ3n) is 4.32. The summed E-state index contributed by atoms with van der Waals surface area (Å²) in [5.41, 5.74) is 4.76. The van der Waals surface area contributed by atoms with Crippen LogP contribution in [0.3, 0.4) is 0 Å². The summed E-state index contributed by atoms with van der Waals surface area (Å²) in [5, 5.41) is 3.52. The number of amides is 1. The Labute approximate surface area is 167 Å². The summed E-state index contributed by atoms with van der Waals surface area (Å²) in [7, 11) is 0. The fourth-order valence-electron chi connectivity index (χ4n) is 2.82. The molecule has 0 bridgehead atoms. The summed E-state index contributed by atoms with van der Waals surface area (Å²) in [6, 6.07) is 20.7. The summed E-state index contributed by atoms with van der Waals surface area (Å²) in [5.74, 6) is 0.279. The van der Waals surface area contributed by atoms with E-state index in [1.165, 1.54) is 6.08 Å². The van der Waals surface area contributed by atoms with E-state index in [1.54, 1.807) is 24.3 Å². The van der Waals surface area contributed by atoms with E-state index in [1.807, 2.05) is 55.5 Å². The Bertz CT molecular complexity index is 1180.